The number of aromatic nitrogens is 1. The topological polar surface area (TPSA) is 54.5 Å². The first kappa shape index (κ1) is 19.9. The molecule has 0 unspecified atom stereocenters. The van der Waals surface area contributed by atoms with E-state index in [1.165, 1.54) is 38.5 Å². The Bertz CT molecular complexity index is 762. The Morgan fingerprint density at radius 1 is 0.931 bits per heavy atom. The summed E-state index contributed by atoms with van der Waals surface area (Å²) in [5, 5.41) is 3.03. The van der Waals surface area contributed by atoms with E-state index in [1.807, 2.05) is 36.4 Å². The van der Waals surface area contributed by atoms with E-state index in [1.54, 1.807) is 12.3 Å². The molecule has 2 aliphatic rings. The van der Waals surface area contributed by atoms with Crippen molar-refractivity contribution in [3.63, 3.8) is 0 Å². The average Bonchev–Trinajstić information content (AvgIpc) is 3.06. The Labute approximate surface area is 173 Å². The molecule has 5 nitrogen and oxygen atoms in total. The van der Waals surface area contributed by atoms with Gasteiger partial charge in [0.15, 0.2) is 0 Å². The van der Waals surface area contributed by atoms with Gasteiger partial charge < -0.3 is 15.0 Å². The van der Waals surface area contributed by atoms with Crippen molar-refractivity contribution < 1.29 is 9.53 Å². The molecule has 1 saturated heterocycles. The maximum Gasteiger partial charge on any atom is 0.227 e. The molecular weight excluding hydrogens is 362 g/mol. The van der Waals surface area contributed by atoms with E-state index in [-0.39, 0.29) is 11.8 Å². The van der Waals surface area contributed by atoms with Crippen LogP contribution in [0.5, 0.6) is 11.6 Å². The number of ether oxygens (including phenoxy) is 1. The first-order valence-corrected chi connectivity index (χ1v) is 11.0. The van der Waals surface area contributed by atoms with Crippen LogP contribution in [0, 0.1) is 5.92 Å². The first-order chi connectivity index (χ1) is 14.3. The number of amides is 1. The lowest BCUT2D eigenvalue weighted by molar-refractivity contribution is -0.121. The zero-order valence-electron chi connectivity index (χ0n) is 17.1. The van der Waals surface area contributed by atoms with E-state index in [9.17, 15) is 4.79 Å². The molecule has 2 aromatic rings. The summed E-state index contributed by atoms with van der Waals surface area (Å²) in [6, 6.07) is 13.9. The highest BCUT2D eigenvalue weighted by molar-refractivity contribution is 5.92. The van der Waals surface area contributed by atoms with Crippen LogP contribution >= 0.6 is 0 Å². The number of likely N-dealkylation sites (tertiary alicyclic amines) is 1. The molecule has 2 fully saturated rings. The number of hydrogen-bond acceptors (Lipinski definition) is 4. The largest absolute Gasteiger partial charge is 0.439 e. The molecule has 1 N–H and O–H groups in total. The van der Waals surface area contributed by atoms with E-state index >= 15 is 0 Å². The number of nitrogens with one attached hydrogen (secondary N) is 1. The molecule has 5 heteroatoms. The summed E-state index contributed by atoms with van der Waals surface area (Å²) < 4.78 is 5.70. The Morgan fingerprint density at radius 3 is 2.31 bits per heavy atom. The highest BCUT2D eigenvalue weighted by Crippen LogP contribution is 2.27. The standard InChI is InChI=1S/C24H31N3O2/c28-24(19-14-16-27(17-15-19)21-8-4-1-2-5-9-21)26-20-12-13-23(25-18-20)29-22-10-6-3-7-11-22/h3,6-7,10-13,18-19,21H,1-2,4-5,8-9,14-17H2,(H,26,28). The molecule has 1 saturated carbocycles. The number of nitrogens with zero attached hydrogens (tertiary/aromatic N) is 2. The summed E-state index contributed by atoms with van der Waals surface area (Å²) in [5.41, 5.74) is 0.724. The van der Waals surface area contributed by atoms with Gasteiger partial charge in [0, 0.05) is 18.0 Å². The summed E-state index contributed by atoms with van der Waals surface area (Å²) >= 11 is 0. The van der Waals surface area contributed by atoms with Crippen LogP contribution in [0.15, 0.2) is 48.7 Å². The quantitative estimate of drug-likeness (QED) is 0.705. The number of carbonyl (C=O) groups is 1. The minimum Gasteiger partial charge on any atom is -0.439 e. The predicted molar refractivity (Wildman–Crippen MR) is 115 cm³/mol. The van der Waals surface area contributed by atoms with E-state index in [2.05, 4.69) is 15.2 Å². The SMILES string of the molecule is O=C(Nc1ccc(Oc2ccccc2)nc1)C1CCN(C2CCCCCC2)CC1. The summed E-state index contributed by atoms with van der Waals surface area (Å²) in [6.45, 7) is 2.09. The molecule has 1 aromatic carbocycles. The summed E-state index contributed by atoms with van der Waals surface area (Å²) in [5.74, 6) is 1.48. The number of benzene rings is 1. The normalized spacial score (nSPS) is 19.4. The van der Waals surface area contributed by atoms with Gasteiger partial charge in [0.1, 0.15) is 5.75 Å². The van der Waals surface area contributed by atoms with E-state index in [0.717, 1.165) is 43.4 Å². The number of piperidine rings is 1. The van der Waals surface area contributed by atoms with Crippen molar-refractivity contribution in [2.24, 2.45) is 5.92 Å². The van der Waals surface area contributed by atoms with Gasteiger partial charge in [-0.15, -0.1) is 0 Å². The van der Waals surface area contributed by atoms with Crippen molar-refractivity contribution >= 4 is 11.6 Å². The molecule has 154 valence electrons. The Hall–Kier alpha value is -2.40. The molecule has 0 atom stereocenters. The first-order valence-electron chi connectivity index (χ1n) is 11.0. The van der Waals surface area contributed by atoms with Gasteiger partial charge in [0.2, 0.25) is 11.8 Å². The zero-order chi connectivity index (χ0) is 19.9. The van der Waals surface area contributed by atoms with Gasteiger partial charge >= 0.3 is 0 Å². The number of para-hydroxylation sites is 1. The van der Waals surface area contributed by atoms with Gasteiger partial charge in [-0.1, -0.05) is 43.9 Å². The molecule has 29 heavy (non-hydrogen) atoms. The number of pyridine rings is 1. The van der Waals surface area contributed by atoms with Crippen LogP contribution < -0.4 is 10.1 Å². The van der Waals surface area contributed by atoms with Gasteiger partial charge in [-0.2, -0.15) is 0 Å². The molecule has 4 rings (SSSR count). The molecule has 0 bridgehead atoms. The molecule has 1 aromatic heterocycles. The van der Waals surface area contributed by atoms with Gasteiger partial charge in [0.25, 0.3) is 0 Å². The minimum atomic E-state index is 0.0947. The second-order valence-corrected chi connectivity index (χ2v) is 8.25. The van der Waals surface area contributed by atoms with Crippen LogP contribution in [0.25, 0.3) is 0 Å². The van der Waals surface area contributed by atoms with Crippen LogP contribution in [0.2, 0.25) is 0 Å². The number of carbonyl (C=O) groups excluding carboxylic acids is 1. The second-order valence-electron chi connectivity index (χ2n) is 8.25. The van der Waals surface area contributed by atoms with Gasteiger partial charge in [-0.25, -0.2) is 4.98 Å². The van der Waals surface area contributed by atoms with Crippen LogP contribution in [0.1, 0.15) is 51.4 Å². The maximum absolute atomic E-state index is 12.7. The van der Waals surface area contributed by atoms with Crippen molar-refractivity contribution in [2.75, 3.05) is 18.4 Å². The van der Waals surface area contributed by atoms with Crippen LogP contribution in [0.3, 0.4) is 0 Å². The number of rotatable bonds is 5. The van der Waals surface area contributed by atoms with Crippen molar-refractivity contribution in [3.8, 4) is 11.6 Å². The molecule has 1 amide bonds. The molecule has 2 heterocycles. The highest BCUT2D eigenvalue weighted by atomic mass is 16.5. The lowest BCUT2D eigenvalue weighted by Crippen LogP contribution is -2.43. The van der Waals surface area contributed by atoms with Crippen molar-refractivity contribution in [1.29, 1.82) is 0 Å². The minimum absolute atomic E-state index is 0.0947. The fourth-order valence-electron chi connectivity index (χ4n) is 4.52. The zero-order valence-corrected chi connectivity index (χ0v) is 17.1. The van der Waals surface area contributed by atoms with Crippen LogP contribution in [-0.4, -0.2) is 34.9 Å². The predicted octanol–water partition coefficient (Wildman–Crippen LogP) is 5.25. The van der Waals surface area contributed by atoms with Gasteiger partial charge in [-0.3, -0.25) is 4.79 Å². The Balaban J connectivity index is 1.25. The molecule has 1 aliphatic heterocycles. The smallest absolute Gasteiger partial charge is 0.227 e. The van der Waals surface area contributed by atoms with Gasteiger partial charge in [-0.05, 0) is 57.0 Å². The maximum atomic E-state index is 12.7. The van der Waals surface area contributed by atoms with Crippen LogP contribution in [-0.2, 0) is 4.79 Å². The summed E-state index contributed by atoms with van der Waals surface area (Å²) in [7, 11) is 0. The molecule has 0 radical (unpaired) electrons. The van der Waals surface area contributed by atoms with Crippen molar-refractivity contribution in [2.45, 2.75) is 57.4 Å². The Kier molecular flexibility index (Phi) is 6.78. The van der Waals surface area contributed by atoms with E-state index in [0.29, 0.717) is 5.88 Å². The fraction of sp³-hybridized carbons (Fsp3) is 0.500. The molecule has 1 aliphatic carbocycles. The third-order valence-corrected chi connectivity index (χ3v) is 6.21. The van der Waals surface area contributed by atoms with Gasteiger partial charge in [0.05, 0.1) is 11.9 Å². The highest BCUT2D eigenvalue weighted by Gasteiger charge is 2.29. The van der Waals surface area contributed by atoms with E-state index < -0.39 is 0 Å². The number of anilines is 1. The fourth-order valence-corrected chi connectivity index (χ4v) is 4.52. The van der Waals surface area contributed by atoms with E-state index in [4.69, 9.17) is 4.74 Å². The third-order valence-electron chi connectivity index (χ3n) is 6.21. The van der Waals surface area contributed by atoms with Crippen molar-refractivity contribution in [3.05, 3.63) is 48.7 Å². The summed E-state index contributed by atoms with van der Waals surface area (Å²) in [6.07, 6.45) is 11.7. The Morgan fingerprint density at radius 2 is 1.66 bits per heavy atom. The lowest BCUT2D eigenvalue weighted by Gasteiger charge is -2.36. The molecule has 0 spiro atoms. The average molecular weight is 394 g/mol. The van der Waals surface area contributed by atoms with Crippen molar-refractivity contribution in [1.82, 2.24) is 9.88 Å². The third kappa shape index (κ3) is 5.57. The lowest BCUT2D eigenvalue weighted by atomic mass is 9.93. The monoisotopic (exact) mass is 393 g/mol. The molecular formula is C24H31N3O2. The summed E-state index contributed by atoms with van der Waals surface area (Å²) in [4.78, 5) is 19.6. The second kappa shape index (κ2) is 9.88. The number of hydrogen-bond donors (Lipinski definition) is 1. The van der Waals surface area contributed by atoms with Crippen LogP contribution in [0.4, 0.5) is 5.69 Å².